The lowest BCUT2D eigenvalue weighted by atomic mass is 9.85. The zero-order valence-electron chi connectivity index (χ0n) is 16.4. The molecular weight excluding hydrogens is 375 g/mol. The second-order valence-corrected chi connectivity index (χ2v) is 7.74. The first-order valence-electron chi connectivity index (χ1n) is 10.0. The van der Waals surface area contributed by atoms with Crippen LogP contribution >= 0.6 is 0 Å². The summed E-state index contributed by atoms with van der Waals surface area (Å²) >= 11 is 0. The topological polar surface area (TPSA) is 37.8 Å². The van der Waals surface area contributed by atoms with Gasteiger partial charge in [-0.2, -0.15) is 13.2 Å². The predicted octanol–water partition coefficient (Wildman–Crippen LogP) is 4.67. The Kier molecular flexibility index (Phi) is 5.54. The van der Waals surface area contributed by atoms with Crippen LogP contribution in [0.1, 0.15) is 41.7 Å². The maximum Gasteiger partial charge on any atom is 0.412 e. The summed E-state index contributed by atoms with van der Waals surface area (Å²) in [4.78, 5) is 9.67. The summed E-state index contributed by atoms with van der Waals surface area (Å²) in [6.45, 7) is 3.31. The fourth-order valence-electron chi connectivity index (χ4n) is 4.13. The molecule has 0 fully saturated rings. The lowest BCUT2D eigenvalue weighted by Crippen LogP contribution is -2.21. The molecule has 1 aliphatic carbocycles. The van der Waals surface area contributed by atoms with Gasteiger partial charge in [-0.15, -0.1) is 0 Å². The summed E-state index contributed by atoms with van der Waals surface area (Å²) in [5.74, 6) is 0.146. The van der Waals surface area contributed by atoms with Crippen LogP contribution in [0, 0.1) is 5.92 Å². The van der Waals surface area contributed by atoms with Crippen LogP contribution in [0.3, 0.4) is 0 Å². The molecule has 3 nitrogen and oxygen atoms in total. The molecule has 6 heteroatoms. The van der Waals surface area contributed by atoms with Crippen LogP contribution < -0.4 is 5.32 Å². The van der Waals surface area contributed by atoms with Crippen LogP contribution in [-0.2, 0) is 19.3 Å². The molecule has 1 N–H and O–H groups in total. The number of hydrogen-bond acceptors (Lipinski definition) is 3. The molecule has 4 rings (SSSR count). The van der Waals surface area contributed by atoms with Crippen LogP contribution in [0.15, 0.2) is 48.1 Å². The second-order valence-electron chi connectivity index (χ2n) is 7.74. The largest absolute Gasteiger partial charge is 0.412 e. The van der Waals surface area contributed by atoms with Crippen LogP contribution in [0.4, 0.5) is 13.2 Å². The SMILES string of the molecule is CC1CC(c2nc(Cc3ccccc3)nc3c2CCNCC3)=CC=C1C(F)(F)F. The standard InChI is InChI=1S/C23H24F3N3/c1-15-13-17(7-8-19(15)23(24,25)26)22-18-9-11-27-12-10-20(18)28-21(29-22)14-16-5-3-2-4-6-16/h2-8,15,27H,9-14H2,1H3. The number of rotatable bonds is 3. The zero-order chi connectivity index (χ0) is 20.4. The predicted molar refractivity (Wildman–Crippen MR) is 107 cm³/mol. The molecule has 0 amide bonds. The van der Waals surface area contributed by atoms with Crippen molar-refractivity contribution < 1.29 is 13.2 Å². The molecule has 1 aliphatic heterocycles. The van der Waals surface area contributed by atoms with Crippen molar-refractivity contribution in [1.29, 1.82) is 0 Å². The summed E-state index contributed by atoms with van der Waals surface area (Å²) in [7, 11) is 0. The average molecular weight is 399 g/mol. The number of alkyl halides is 3. The van der Waals surface area contributed by atoms with E-state index in [-0.39, 0.29) is 0 Å². The Morgan fingerprint density at radius 2 is 1.79 bits per heavy atom. The van der Waals surface area contributed by atoms with E-state index in [0.29, 0.717) is 12.8 Å². The molecule has 1 aromatic carbocycles. The normalized spacial score (nSPS) is 19.8. The lowest BCUT2D eigenvalue weighted by molar-refractivity contribution is -0.0983. The molecule has 0 saturated carbocycles. The molecule has 0 saturated heterocycles. The van der Waals surface area contributed by atoms with Gasteiger partial charge in [0, 0.05) is 36.2 Å². The van der Waals surface area contributed by atoms with E-state index in [0.717, 1.165) is 59.8 Å². The minimum atomic E-state index is -4.29. The highest BCUT2D eigenvalue weighted by molar-refractivity contribution is 5.70. The quantitative estimate of drug-likeness (QED) is 0.815. The molecule has 1 unspecified atom stereocenters. The number of aromatic nitrogens is 2. The third-order valence-electron chi connectivity index (χ3n) is 5.59. The third-order valence-corrected chi connectivity index (χ3v) is 5.59. The number of halogens is 3. The molecule has 1 atom stereocenters. The second kappa shape index (κ2) is 8.11. The number of allylic oxidation sites excluding steroid dienone is 4. The summed E-state index contributed by atoms with van der Waals surface area (Å²) < 4.78 is 39.7. The van der Waals surface area contributed by atoms with E-state index < -0.39 is 17.7 Å². The van der Waals surface area contributed by atoms with E-state index in [1.807, 2.05) is 30.3 Å². The Bertz CT molecular complexity index is 946. The van der Waals surface area contributed by atoms with E-state index in [1.54, 1.807) is 13.0 Å². The number of nitrogens with one attached hydrogen (secondary N) is 1. The first-order chi connectivity index (χ1) is 13.9. The van der Waals surface area contributed by atoms with E-state index >= 15 is 0 Å². The fourth-order valence-corrected chi connectivity index (χ4v) is 4.13. The third kappa shape index (κ3) is 4.42. The van der Waals surface area contributed by atoms with Gasteiger partial charge in [0.25, 0.3) is 0 Å². The summed E-state index contributed by atoms with van der Waals surface area (Å²) in [6.07, 6.45) is 1.09. The zero-order valence-corrected chi connectivity index (χ0v) is 16.4. The minimum absolute atomic E-state index is 0.340. The Hall–Kier alpha value is -2.47. The molecule has 2 aromatic rings. The van der Waals surface area contributed by atoms with Gasteiger partial charge in [0.15, 0.2) is 0 Å². The van der Waals surface area contributed by atoms with Crippen molar-refractivity contribution in [2.45, 2.75) is 38.8 Å². The maximum atomic E-state index is 13.2. The van der Waals surface area contributed by atoms with Crippen molar-refractivity contribution in [3.05, 3.63) is 76.4 Å². The Morgan fingerprint density at radius 3 is 2.52 bits per heavy atom. The van der Waals surface area contributed by atoms with Crippen molar-refractivity contribution in [3.63, 3.8) is 0 Å². The van der Waals surface area contributed by atoms with E-state index in [1.165, 1.54) is 6.08 Å². The molecular formula is C23H24F3N3. The van der Waals surface area contributed by atoms with Crippen molar-refractivity contribution in [1.82, 2.24) is 15.3 Å². The van der Waals surface area contributed by atoms with Crippen molar-refractivity contribution in [2.24, 2.45) is 5.92 Å². The average Bonchev–Trinajstić information content (AvgIpc) is 2.92. The molecule has 1 aromatic heterocycles. The van der Waals surface area contributed by atoms with Gasteiger partial charge >= 0.3 is 6.18 Å². The van der Waals surface area contributed by atoms with E-state index in [2.05, 4.69) is 5.32 Å². The van der Waals surface area contributed by atoms with Gasteiger partial charge in [-0.3, -0.25) is 0 Å². The highest BCUT2D eigenvalue weighted by Gasteiger charge is 2.38. The molecule has 152 valence electrons. The number of nitrogens with zero attached hydrogens (tertiary/aromatic N) is 2. The Balaban J connectivity index is 1.76. The first kappa shape index (κ1) is 19.8. The number of benzene rings is 1. The fraction of sp³-hybridized carbons (Fsp3) is 0.391. The molecule has 0 bridgehead atoms. The van der Waals surface area contributed by atoms with Crippen LogP contribution in [0.25, 0.3) is 5.57 Å². The van der Waals surface area contributed by atoms with Gasteiger partial charge in [-0.05, 0) is 36.4 Å². The molecule has 0 spiro atoms. The smallest absolute Gasteiger partial charge is 0.316 e. The van der Waals surface area contributed by atoms with Crippen molar-refractivity contribution in [3.8, 4) is 0 Å². The van der Waals surface area contributed by atoms with E-state index in [9.17, 15) is 13.2 Å². The van der Waals surface area contributed by atoms with Crippen molar-refractivity contribution >= 4 is 5.57 Å². The number of fused-ring (bicyclic) bond motifs is 1. The van der Waals surface area contributed by atoms with Crippen LogP contribution in [-0.4, -0.2) is 29.2 Å². The van der Waals surface area contributed by atoms with Gasteiger partial charge in [-0.1, -0.05) is 49.4 Å². The highest BCUT2D eigenvalue weighted by atomic mass is 19.4. The van der Waals surface area contributed by atoms with Gasteiger partial charge in [0.05, 0.1) is 5.69 Å². The molecule has 2 heterocycles. The van der Waals surface area contributed by atoms with Crippen LogP contribution in [0.2, 0.25) is 0 Å². The van der Waals surface area contributed by atoms with Gasteiger partial charge in [-0.25, -0.2) is 9.97 Å². The molecule has 29 heavy (non-hydrogen) atoms. The highest BCUT2D eigenvalue weighted by Crippen LogP contribution is 2.40. The Labute approximate surface area is 168 Å². The first-order valence-corrected chi connectivity index (χ1v) is 10.0. The minimum Gasteiger partial charge on any atom is -0.316 e. The molecule has 2 aliphatic rings. The summed E-state index contributed by atoms with van der Waals surface area (Å²) in [5.41, 5.74) is 4.46. The van der Waals surface area contributed by atoms with Gasteiger partial charge in [0.2, 0.25) is 0 Å². The molecule has 0 radical (unpaired) electrons. The Morgan fingerprint density at radius 1 is 1.03 bits per heavy atom. The number of hydrogen-bond donors (Lipinski definition) is 1. The van der Waals surface area contributed by atoms with E-state index in [4.69, 9.17) is 9.97 Å². The summed E-state index contributed by atoms with van der Waals surface area (Å²) in [5, 5.41) is 3.38. The maximum absolute atomic E-state index is 13.2. The van der Waals surface area contributed by atoms with Crippen molar-refractivity contribution in [2.75, 3.05) is 13.1 Å². The monoisotopic (exact) mass is 399 g/mol. The van der Waals surface area contributed by atoms with Gasteiger partial charge < -0.3 is 5.32 Å². The summed E-state index contributed by atoms with van der Waals surface area (Å²) in [6, 6.07) is 10.0. The van der Waals surface area contributed by atoms with Gasteiger partial charge in [0.1, 0.15) is 5.82 Å². The van der Waals surface area contributed by atoms with Crippen LogP contribution in [0.5, 0.6) is 0 Å². The lowest BCUT2D eigenvalue weighted by Gasteiger charge is -2.25.